The summed E-state index contributed by atoms with van der Waals surface area (Å²) in [5, 5.41) is 0. The lowest BCUT2D eigenvalue weighted by Crippen LogP contribution is -2.34. The van der Waals surface area contributed by atoms with Crippen LogP contribution in [-0.2, 0) is 4.79 Å². The molecule has 0 aromatic rings. The van der Waals surface area contributed by atoms with Crippen molar-refractivity contribution < 1.29 is 4.79 Å². The molecule has 2 fully saturated rings. The molecule has 2 atom stereocenters. The van der Waals surface area contributed by atoms with Gasteiger partial charge in [0, 0.05) is 13.0 Å². The summed E-state index contributed by atoms with van der Waals surface area (Å²) in [6, 6.07) is 0.301. The van der Waals surface area contributed by atoms with E-state index < -0.39 is 0 Å². The highest BCUT2D eigenvalue weighted by Crippen LogP contribution is 2.33. The van der Waals surface area contributed by atoms with Crippen molar-refractivity contribution in [2.45, 2.75) is 18.9 Å². The fourth-order valence-electron chi connectivity index (χ4n) is 2.05. The molecule has 1 saturated heterocycles. The molecule has 2 unspecified atom stereocenters. The molecule has 0 spiro atoms. The number of fused-ring (bicyclic) bond motifs is 2. The first kappa shape index (κ1) is 5.42. The molecule has 2 rings (SSSR count). The zero-order valence-corrected chi connectivity index (χ0v) is 5.63. The first-order valence-electron chi connectivity index (χ1n) is 3.50. The summed E-state index contributed by atoms with van der Waals surface area (Å²) in [5.74, 6) is 1.17. The second kappa shape index (κ2) is 1.57. The van der Waals surface area contributed by atoms with Crippen LogP contribution in [0.15, 0.2) is 0 Å². The molecule has 0 aromatic carbocycles. The summed E-state index contributed by atoms with van der Waals surface area (Å²) in [4.78, 5) is 13.2. The molecule has 2 nitrogen and oxygen atoms in total. The van der Waals surface area contributed by atoms with E-state index in [2.05, 4.69) is 4.90 Å². The van der Waals surface area contributed by atoms with E-state index in [1.807, 2.05) is 7.05 Å². The number of rotatable bonds is 0. The van der Waals surface area contributed by atoms with Crippen molar-refractivity contribution in [3.05, 3.63) is 0 Å². The van der Waals surface area contributed by atoms with Gasteiger partial charge in [0.05, 0.1) is 6.04 Å². The number of hydrogen-bond acceptors (Lipinski definition) is 2. The Morgan fingerprint density at radius 1 is 1.67 bits per heavy atom. The molecule has 0 amide bonds. The van der Waals surface area contributed by atoms with Crippen molar-refractivity contribution in [1.29, 1.82) is 0 Å². The van der Waals surface area contributed by atoms with Crippen molar-refractivity contribution >= 4 is 5.78 Å². The first-order chi connectivity index (χ1) is 4.27. The van der Waals surface area contributed by atoms with Crippen molar-refractivity contribution in [2.24, 2.45) is 5.92 Å². The van der Waals surface area contributed by atoms with Gasteiger partial charge in [0.2, 0.25) is 0 Å². The average molecular weight is 125 g/mol. The lowest BCUT2D eigenvalue weighted by Gasteiger charge is -2.19. The molecular formula is C7H11NO. The highest BCUT2D eigenvalue weighted by Gasteiger charge is 2.41. The van der Waals surface area contributed by atoms with Crippen LogP contribution in [0.25, 0.3) is 0 Å². The molecule has 50 valence electrons. The molecule has 0 aromatic heterocycles. The Morgan fingerprint density at radius 2 is 2.44 bits per heavy atom. The predicted octanol–water partition coefficient (Wildman–Crippen LogP) is 0.279. The Morgan fingerprint density at radius 3 is 2.78 bits per heavy atom. The molecule has 2 heteroatoms. The van der Waals surface area contributed by atoms with Crippen LogP contribution in [0.5, 0.6) is 0 Å². The minimum absolute atomic E-state index is 0.301. The minimum Gasteiger partial charge on any atom is -0.298 e. The van der Waals surface area contributed by atoms with Crippen molar-refractivity contribution in [1.82, 2.24) is 4.90 Å². The molecule has 1 aliphatic heterocycles. The highest BCUT2D eigenvalue weighted by atomic mass is 16.1. The molecule has 0 N–H and O–H groups in total. The van der Waals surface area contributed by atoms with Gasteiger partial charge in [0.25, 0.3) is 0 Å². The van der Waals surface area contributed by atoms with Gasteiger partial charge in [-0.05, 0) is 19.4 Å². The summed E-state index contributed by atoms with van der Waals surface area (Å²) in [6.07, 6.45) is 1.99. The fraction of sp³-hybridized carbons (Fsp3) is 0.857. The van der Waals surface area contributed by atoms with Crippen molar-refractivity contribution in [2.75, 3.05) is 13.6 Å². The summed E-state index contributed by atoms with van der Waals surface area (Å²) < 4.78 is 0. The molecular weight excluding hydrogens is 114 g/mol. The van der Waals surface area contributed by atoms with E-state index in [9.17, 15) is 4.79 Å². The quantitative estimate of drug-likeness (QED) is 0.463. The average Bonchev–Trinajstić information content (AvgIpc) is 2.22. The van der Waals surface area contributed by atoms with Gasteiger partial charge in [-0.3, -0.25) is 9.69 Å². The van der Waals surface area contributed by atoms with Crippen LogP contribution in [0, 0.1) is 5.92 Å². The molecule has 0 radical (unpaired) electrons. The Kier molecular flexibility index (Phi) is 0.943. The molecule has 1 aliphatic carbocycles. The summed E-state index contributed by atoms with van der Waals surface area (Å²) in [5.41, 5.74) is 0. The molecule has 2 aliphatic rings. The topological polar surface area (TPSA) is 20.3 Å². The van der Waals surface area contributed by atoms with Crippen LogP contribution in [-0.4, -0.2) is 30.3 Å². The van der Waals surface area contributed by atoms with Crippen LogP contribution >= 0.6 is 0 Å². The molecule has 1 heterocycles. The fourth-order valence-corrected chi connectivity index (χ4v) is 2.05. The van der Waals surface area contributed by atoms with Crippen LogP contribution < -0.4 is 0 Å². The Labute approximate surface area is 54.8 Å². The van der Waals surface area contributed by atoms with Gasteiger partial charge >= 0.3 is 0 Å². The van der Waals surface area contributed by atoms with Gasteiger partial charge in [0.15, 0.2) is 0 Å². The number of hydrogen-bond donors (Lipinski definition) is 0. The van der Waals surface area contributed by atoms with Gasteiger partial charge in [-0.25, -0.2) is 0 Å². The van der Waals surface area contributed by atoms with Crippen LogP contribution in [0.1, 0.15) is 12.8 Å². The molecule has 9 heavy (non-hydrogen) atoms. The minimum atomic E-state index is 0.301. The number of piperidine rings is 1. The van der Waals surface area contributed by atoms with Crippen molar-refractivity contribution in [3.63, 3.8) is 0 Å². The number of nitrogens with zero attached hydrogens (tertiary/aromatic N) is 1. The standard InChI is InChI=1S/C7H11NO/c1-8-4-5-2-6(8)7(9)3-5/h5-6H,2-4H2,1H3. The van der Waals surface area contributed by atoms with Crippen LogP contribution in [0.3, 0.4) is 0 Å². The predicted molar refractivity (Wildman–Crippen MR) is 34.1 cm³/mol. The number of likely N-dealkylation sites (N-methyl/N-ethyl adjacent to an activating group) is 1. The third kappa shape index (κ3) is 0.628. The zero-order valence-electron chi connectivity index (χ0n) is 5.63. The summed E-state index contributed by atoms with van der Waals surface area (Å²) in [7, 11) is 2.04. The third-order valence-corrected chi connectivity index (χ3v) is 2.50. The number of Topliss-reactive ketones (excluding diaryl/α,β-unsaturated/α-hetero) is 1. The second-order valence-electron chi connectivity index (χ2n) is 3.23. The lowest BCUT2D eigenvalue weighted by atomic mass is 10.1. The van der Waals surface area contributed by atoms with Crippen molar-refractivity contribution in [3.8, 4) is 0 Å². The number of carbonyl (C=O) groups excluding carboxylic acids is 1. The van der Waals surface area contributed by atoms with E-state index >= 15 is 0 Å². The highest BCUT2D eigenvalue weighted by molar-refractivity contribution is 5.87. The first-order valence-corrected chi connectivity index (χ1v) is 3.50. The second-order valence-corrected chi connectivity index (χ2v) is 3.23. The Balaban J connectivity index is 2.21. The van der Waals surface area contributed by atoms with Gasteiger partial charge in [-0.1, -0.05) is 0 Å². The number of likely N-dealkylation sites (tertiary alicyclic amines) is 1. The normalized spacial score (nSPS) is 42.6. The van der Waals surface area contributed by atoms with Gasteiger partial charge in [0.1, 0.15) is 5.78 Å². The maximum atomic E-state index is 11.0. The maximum absolute atomic E-state index is 11.0. The summed E-state index contributed by atoms with van der Waals surface area (Å²) in [6.45, 7) is 1.15. The largest absolute Gasteiger partial charge is 0.298 e. The summed E-state index contributed by atoms with van der Waals surface area (Å²) >= 11 is 0. The Bertz CT molecular complexity index is 155. The molecule has 1 saturated carbocycles. The van der Waals surface area contributed by atoms with Gasteiger partial charge < -0.3 is 0 Å². The van der Waals surface area contributed by atoms with E-state index in [0.717, 1.165) is 19.4 Å². The van der Waals surface area contributed by atoms with E-state index in [1.165, 1.54) is 0 Å². The maximum Gasteiger partial charge on any atom is 0.150 e. The monoisotopic (exact) mass is 125 g/mol. The van der Waals surface area contributed by atoms with E-state index in [1.54, 1.807) is 0 Å². The SMILES string of the molecule is CN1CC2CC(=O)C1C2. The smallest absolute Gasteiger partial charge is 0.150 e. The molecule has 2 bridgehead atoms. The van der Waals surface area contributed by atoms with E-state index in [4.69, 9.17) is 0 Å². The van der Waals surface area contributed by atoms with Gasteiger partial charge in [-0.15, -0.1) is 0 Å². The Hall–Kier alpha value is -0.370. The number of ketones is 1. The third-order valence-electron chi connectivity index (χ3n) is 2.50. The zero-order chi connectivity index (χ0) is 6.43. The van der Waals surface area contributed by atoms with Crippen LogP contribution in [0.4, 0.5) is 0 Å². The lowest BCUT2D eigenvalue weighted by molar-refractivity contribution is -0.122. The van der Waals surface area contributed by atoms with Gasteiger partial charge in [-0.2, -0.15) is 0 Å². The van der Waals surface area contributed by atoms with E-state index in [0.29, 0.717) is 17.7 Å². The van der Waals surface area contributed by atoms with E-state index in [-0.39, 0.29) is 0 Å². The van der Waals surface area contributed by atoms with Crippen LogP contribution in [0.2, 0.25) is 0 Å². The number of carbonyl (C=O) groups is 1.